The van der Waals surface area contributed by atoms with Crippen LogP contribution in [0, 0.1) is 0 Å². The van der Waals surface area contributed by atoms with Gasteiger partial charge in [-0.3, -0.25) is 0 Å². The highest BCUT2D eigenvalue weighted by Gasteiger charge is 2.18. The molecule has 0 aliphatic rings. The third-order valence-electron chi connectivity index (χ3n) is 3.88. The van der Waals surface area contributed by atoms with Gasteiger partial charge in [0.25, 0.3) is 0 Å². The molecule has 0 bridgehead atoms. The molecule has 0 fully saturated rings. The number of nitrogens with zero attached hydrogens (tertiary/aromatic N) is 1. The van der Waals surface area contributed by atoms with Gasteiger partial charge in [0.2, 0.25) is 0 Å². The van der Waals surface area contributed by atoms with Crippen LogP contribution in [-0.4, -0.2) is 21.3 Å². The minimum absolute atomic E-state index is 0.346. The van der Waals surface area contributed by atoms with Crippen molar-refractivity contribution in [3.05, 3.63) is 84.9 Å². The molecule has 24 heavy (non-hydrogen) atoms. The summed E-state index contributed by atoms with van der Waals surface area (Å²) in [5.74, 6) is 0. The molecule has 0 N–H and O–H groups in total. The van der Waals surface area contributed by atoms with Crippen molar-refractivity contribution in [1.82, 2.24) is 0 Å². The Morgan fingerprint density at radius 2 is 1.00 bits per heavy atom. The maximum atomic E-state index is 5.32. The molecule has 0 unspecified atom stereocenters. The summed E-state index contributed by atoms with van der Waals surface area (Å²) in [5, 5.41) is 0. The molecular weight excluding hydrogens is 297 g/mol. The third-order valence-corrected chi connectivity index (χ3v) is 3.88. The van der Waals surface area contributed by atoms with E-state index in [0.717, 1.165) is 22.5 Å². The predicted molar refractivity (Wildman–Crippen MR) is 101 cm³/mol. The van der Waals surface area contributed by atoms with Crippen molar-refractivity contribution in [2.75, 3.05) is 19.1 Å². The molecule has 0 spiro atoms. The molecule has 3 rings (SSSR count). The molecule has 0 radical (unpaired) electrons. The average Bonchev–Trinajstić information content (AvgIpc) is 2.66. The highest BCUT2D eigenvalue weighted by molar-refractivity contribution is 6.61. The van der Waals surface area contributed by atoms with Gasteiger partial charge in [0, 0.05) is 31.3 Å². The van der Waals surface area contributed by atoms with Crippen molar-refractivity contribution in [3.63, 3.8) is 0 Å². The molecule has 4 heteroatoms. The molecule has 120 valence electrons. The Morgan fingerprint density at radius 3 is 1.42 bits per heavy atom. The maximum absolute atomic E-state index is 5.32. The van der Waals surface area contributed by atoms with Gasteiger partial charge in [-0.25, -0.2) is 0 Å². The zero-order valence-corrected chi connectivity index (χ0v) is 13.9. The lowest BCUT2D eigenvalue weighted by molar-refractivity contribution is 0.292. The van der Waals surface area contributed by atoms with Crippen LogP contribution in [0.2, 0.25) is 0 Å². The number of anilines is 3. The van der Waals surface area contributed by atoms with Crippen LogP contribution >= 0.6 is 0 Å². The van der Waals surface area contributed by atoms with Crippen molar-refractivity contribution in [1.29, 1.82) is 0 Å². The first kappa shape index (κ1) is 16.3. The number of benzene rings is 3. The van der Waals surface area contributed by atoms with E-state index in [4.69, 9.17) is 9.31 Å². The van der Waals surface area contributed by atoms with Gasteiger partial charge >= 0.3 is 7.12 Å². The molecule has 3 aromatic carbocycles. The van der Waals surface area contributed by atoms with Gasteiger partial charge in [-0.05, 0) is 41.9 Å². The van der Waals surface area contributed by atoms with Crippen LogP contribution in [-0.2, 0) is 9.31 Å². The molecule has 0 atom stereocenters. The Bertz CT molecular complexity index is 704. The monoisotopic (exact) mass is 317 g/mol. The quantitative estimate of drug-likeness (QED) is 0.638. The van der Waals surface area contributed by atoms with Gasteiger partial charge < -0.3 is 14.2 Å². The van der Waals surface area contributed by atoms with Crippen LogP contribution in [0.3, 0.4) is 0 Å². The molecule has 0 saturated heterocycles. The first-order valence-corrected chi connectivity index (χ1v) is 7.89. The fraction of sp³-hybridized carbons (Fsp3) is 0.100. The second-order valence-corrected chi connectivity index (χ2v) is 5.40. The Balaban J connectivity index is 2.00. The summed E-state index contributed by atoms with van der Waals surface area (Å²) < 4.78 is 10.6. The summed E-state index contributed by atoms with van der Waals surface area (Å²) in [4.78, 5) is 2.22. The fourth-order valence-electron chi connectivity index (χ4n) is 2.75. The van der Waals surface area contributed by atoms with Gasteiger partial charge in [-0.15, -0.1) is 0 Å². The Kier molecular flexibility index (Phi) is 5.31. The number of para-hydroxylation sites is 2. The van der Waals surface area contributed by atoms with Gasteiger partial charge in [0.15, 0.2) is 0 Å². The van der Waals surface area contributed by atoms with E-state index in [0.29, 0.717) is 0 Å². The van der Waals surface area contributed by atoms with Crippen molar-refractivity contribution in [2.24, 2.45) is 0 Å². The molecular formula is C20H20BNO2. The van der Waals surface area contributed by atoms with Crippen LogP contribution in [0.1, 0.15) is 0 Å². The van der Waals surface area contributed by atoms with Crippen LogP contribution in [0.4, 0.5) is 17.1 Å². The zero-order chi connectivity index (χ0) is 16.8. The van der Waals surface area contributed by atoms with Crippen LogP contribution in [0.25, 0.3) is 0 Å². The van der Waals surface area contributed by atoms with E-state index in [1.54, 1.807) is 14.2 Å². The van der Waals surface area contributed by atoms with Crippen molar-refractivity contribution in [2.45, 2.75) is 0 Å². The van der Waals surface area contributed by atoms with E-state index >= 15 is 0 Å². The lowest BCUT2D eigenvalue weighted by Gasteiger charge is -2.25. The lowest BCUT2D eigenvalue weighted by atomic mass is 9.79. The topological polar surface area (TPSA) is 21.7 Å². The Labute approximate surface area is 143 Å². The Morgan fingerprint density at radius 1 is 0.583 bits per heavy atom. The third kappa shape index (κ3) is 3.50. The summed E-state index contributed by atoms with van der Waals surface area (Å²) >= 11 is 0. The average molecular weight is 317 g/mol. The SMILES string of the molecule is COB(OC)c1ccc(N(c2ccccc2)c2ccccc2)cc1. The molecule has 0 amide bonds. The maximum Gasteiger partial charge on any atom is 0.493 e. The van der Waals surface area contributed by atoms with E-state index in [9.17, 15) is 0 Å². The summed E-state index contributed by atoms with van der Waals surface area (Å²) in [7, 11) is 2.94. The Hall–Kier alpha value is -2.56. The first-order valence-electron chi connectivity index (χ1n) is 7.89. The molecule has 3 nitrogen and oxygen atoms in total. The van der Waals surface area contributed by atoms with Crippen LogP contribution in [0.5, 0.6) is 0 Å². The first-order chi connectivity index (χ1) is 11.8. The lowest BCUT2D eigenvalue weighted by Crippen LogP contribution is -2.34. The number of hydrogen-bond acceptors (Lipinski definition) is 3. The summed E-state index contributed by atoms with van der Waals surface area (Å²) in [6.07, 6.45) is 0. The fourth-order valence-corrected chi connectivity index (χ4v) is 2.75. The number of rotatable bonds is 6. The molecule has 3 aromatic rings. The summed E-state index contributed by atoms with van der Waals surface area (Å²) in [6, 6.07) is 28.9. The highest BCUT2D eigenvalue weighted by atomic mass is 16.6. The molecule has 0 saturated carbocycles. The highest BCUT2D eigenvalue weighted by Crippen LogP contribution is 2.33. The van der Waals surface area contributed by atoms with E-state index in [1.165, 1.54) is 0 Å². The van der Waals surface area contributed by atoms with E-state index in [-0.39, 0.29) is 7.12 Å². The van der Waals surface area contributed by atoms with Gasteiger partial charge in [-0.1, -0.05) is 48.5 Å². The molecule has 0 aromatic heterocycles. The summed E-state index contributed by atoms with van der Waals surface area (Å²) in [6.45, 7) is 0. The number of hydrogen-bond donors (Lipinski definition) is 0. The minimum Gasteiger partial charge on any atom is -0.410 e. The standard InChI is InChI=1S/C20H20BNO2/c1-23-21(24-2)17-13-15-20(16-14-17)22(18-9-5-3-6-10-18)19-11-7-4-8-12-19/h3-16H,1-2H3. The van der Waals surface area contributed by atoms with Gasteiger partial charge in [0.1, 0.15) is 0 Å². The van der Waals surface area contributed by atoms with Crippen LogP contribution in [0.15, 0.2) is 84.9 Å². The van der Waals surface area contributed by atoms with Gasteiger partial charge in [0.05, 0.1) is 0 Å². The molecule has 0 aliphatic heterocycles. The predicted octanol–water partition coefficient (Wildman–Crippen LogP) is 4.14. The largest absolute Gasteiger partial charge is 0.493 e. The van der Waals surface area contributed by atoms with Crippen LogP contribution < -0.4 is 10.4 Å². The normalized spacial score (nSPS) is 10.4. The van der Waals surface area contributed by atoms with Crippen molar-refractivity contribution in [3.8, 4) is 0 Å². The molecule has 0 aliphatic carbocycles. The van der Waals surface area contributed by atoms with Crippen molar-refractivity contribution >= 4 is 29.6 Å². The summed E-state index contributed by atoms with van der Waals surface area (Å²) in [5.41, 5.74) is 4.31. The van der Waals surface area contributed by atoms with Crippen molar-refractivity contribution < 1.29 is 9.31 Å². The zero-order valence-electron chi connectivity index (χ0n) is 13.9. The second-order valence-electron chi connectivity index (χ2n) is 5.40. The minimum atomic E-state index is -0.346. The van der Waals surface area contributed by atoms with Gasteiger partial charge in [-0.2, -0.15) is 0 Å². The van der Waals surface area contributed by atoms with E-state index in [1.807, 2.05) is 48.5 Å². The van der Waals surface area contributed by atoms with E-state index < -0.39 is 0 Å². The van der Waals surface area contributed by atoms with E-state index in [2.05, 4.69) is 41.3 Å². The smallest absolute Gasteiger partial charge is 0.410 e. The molecule has 0 heterocycles. The second kappa shape index (κ2) is 7.82.